The minimum Gasteiger partial charge on any atom is -0.748 e. The third-order valence-corrected chi connectivity index (χ3v) is 4.56. The molecule has 1 aromatic heterocycles. The van der Waals surface area contributed by atoms with Crippen molar-refractivity contribution in [3.8, 4) is 0 Å². The van der Waals surface area contributed by atoms with E-state index in [1.54, 1.807) is 0 Å². The second kappa shape index (κ2) is 8.73. The summed E-state index contributed by atoms with van der Waals surface area (Å²) in [6, 6.07) is 13.8. The van der Waals surface area contributed by atoms with Crippen molar-refractivity contribution >= 4 is 21.5 Å². The Bertz CT molecular complexity index is 820. The summed E-state index contributed by atoms with van der Waals surface area (Å²) in [6.07, 6.45) is 4.90. The van der Waals surface area contributed by atoms with E-state index in [4.69, 9.17) is 0 Å². The zero-order chi connectivity index (χ0) is 18.3. The molecule has 0 amide bonds. The molecule has 0 radical (unpaired) electrons. The number of pyridine rings is 1. The number of anilines is 1. The molecule has 0 aliphatic heterocycles. The van der Waals surface area contributed by atoms with Gasteiger partial charge in [-0.2, -0.15) is 5.10 Å². The summed E-state index contributed by atoms with van der Waals surface area (Å²) in [5.74, 6) is -0.310. The molecule has 0 bridgehead atoms. The first-order valence-corrected chi connectivity index (χ1v) is 9.70. The molecule has 0 atom stereocenters. The molecule has 7 heteroatoms. The van der Waals surface area contributed by atoms with Crippen molar-refractivity contribution in [1.29, 1.82) is 0 Å². The average molecular weight is 361 g/mol. The molecule has 6 nitrogen and oxygen atoms in total. The summed E-state index contributed by atoms with van der Waals surface area (Å²) < 4.78 is 33.8. The van der Waals surface area contributed by atoms with Gasteiger partial charge < -0.3 is 4.55 Å². The summed E-state index contributed by atoms with van der Waals surface area (Å²) in [5, 5.41) is 6.43. The highest BCUT2D eigenvalue weighted by Crippen LogP contribution is 2.12. The van der Waals surface area contributed by atoms with Crippen LogP contribution in [0, 0.1) is 0 Å². The van der Waals surface area contributed by atoms with E-state index in [0.29, 0.717) is 19.4 Å². The maximum Gasteiger partial charge on any atom is 0.177 e. The molecule has 0 aliphatic rings. The normalized spacial score (nSPS) is 12.2. The van der Waals surface area contributed by atoms with Crippen molar-refractivity contribution in [3.63, 3.8) is 0 Å². The van der Waals surface area contributed by atoms with Crippen LogP contribution in [0.4, 0.5) is 5.69 Å². The predicted octanol–water partition coefficient (Wildman–Crippen LogP) is 2.16. The van der Waals surface area contributed by atoms with E-state index in [-0.39, 0.29) is 5.75 Å². The lowest BCUT2D eigenvalue weighted by molar-refractivity contribution is -0.697. The van der Waals surface area contributed by atoms with Crippen molar-refractivity contribution < 1.29 is 17.5 Å². The Balaban J connectivity index is 2.01. The lowest BCUT2D eigenvalue weighted by Crippen LogP contribution is -2.34. The van der Waals surface area contributed by atoms with Gasteiger partial charge in [0.05, 0.1) is 27.1 Å². The molecule has 0 fully saturated rings. The topological polar surface area (TPSA) is 76.7 Å². The third kappa shape index (κ3) is 6.64. The summed E-state index contributed by atoms with van der Waals surface area (Å²) >= 11 is 0. The van der Waals surface area contributed by atoms with E-state index in [2.05, 4.69) is 5.10 Å². The Kier molecular flexibility index (Phi) is 6.66. The zero-order valence-electron chi connectivity index (χ0n) is 14.5. The highest BCUT2D eigenvalue weighted by molar-refractivity contribution is 7.85. The highest BCUT2D eigenvalue weighted by Gasteiger charge is 2.07. The van der Waals surface area contributed by atoms with E-state index in [0.717, 1.165) is 17.0 Å². The van der Waals surface area contributed by atoms with Crippen LogP contribution in [-0.2, 0) is 16.7 Å². The van der Waals surface area contributed by atoms with Crippen molar-refractivity contribution in [1.82, 2.24) is 0 Å². The minimum absolute atomic E-state index is 0.310. The predicted molar refractivity (Wildman–Crippen MR) is 97.5 cm³/mol. The van der Waals surface area contributed by atoms with Crippen LogP contribution in [0.15, 0.2) is 60.0 Å². The van der Waals surface area contributed by atoms with Crippen LogP contribution < -0.4 is 9.58 Å². The fourth-order valence-corrected chi connectivity index (χ4v) is 2.99. The molecule has 25 heavy (non-hydrogen) atoms. The Morgan fingerprint density at radius 3 is 2.56 bits per heavy atom. The first kappa shape index (κ1) is 19.1. The number of aromatic nitrogens is 1. The number of hydrogen-bond donors (Lipinski definition) is 0. The minimum atomic E-state index is -4.12. The van der Waals surface area contributed by atoms with Crippen LogP contribution in [0.2, 0.25) is 0 Å². The molecule has 2 aromatic rings. The number of benzene rings is 1. The van der Waals surface area contributed by atoms with Crippen LogP contribution in [0.3, 0.4) is 0 Å². The van der Waals surface area contributed by atoms with Crippen LogP contribution in [-0.4, -0.2) is 31.5 Å². The number of unbranched alkanes of at least 4 members (excludes halogenated alkanes) is 1. The molecule has 0 N–H and O–H groups in total. The van der Waals surface area contributed by atoms with Gasteiger partial charge in [0.1, 0.15) is 6.54 Å². The van der Waals surface area contributed by atoms with Gasteiger partial charge in [-0.3, -0.25) is 5.01 Å². The molecule has 0 saturated heterocycles. The molecule has 1 aromatic carbocycles. The van der Waals surface area contributed by atoms with Gasteiger partial charge in [0, 0.05) is 25.3 Å². The van der Waals surface area contributed by atoms with Crippen LogP contribution in [0.5, 0.6) is 0 Å². The summed E-state index contributed by atoms with van der Waals surface area (Å²) in [6.45, 7) is 2.61. The SMILES string of the molecule is C/C(=N/N(C)c1ccccc1)c1ccc[n+](CCCCS(=O)(=O)[O-])c1. The van der Waals surface area contributed by atoms with Gasteiger partial charge in [0.15, 0.2) is 12.4 Å². The Morgan fingerprint density at radius 2 is 1.88 bits per heavy atom. The molecule has 2 rings (SSSR count). The Hall–Kier alpha value is -2.25. The van der Waals surface area contributed by atoms with Gasteiger partial charge in [-0.15, -0.1) is 0 Å². The Labute approximate surface area is 149 Å². The Morgan fingerprint density at radius 1 is 1.16 bits per heavy atom. The summed E-state index contributed by atoms with van der Waals surface area (Å²) in [4.78, 5) is 0. The van der Waals surface area contributed by atoms with E-state index in [1.807, 2.05) is 78.4 Å². The molecular weight excluding hydrogens is 338 g/mol. The molecule has 0 spiro atoms. The van der Waals surface area contributed by atoms with Gasteiger partial charge in [0.2, 0.25) is 0 Å². The maximum atomic E-state index is 10.6. The number of hydrazone groups is 1. The maximum absolute atomic E-state index is 10.6. The van der Waals surface area contributed by atoms with Gasteiger partial charge in [0.25, 0.3) is 0 Å². The monoisotopic (exact) mass is 361 g/mol. The lowest BCUT2D eigenvalue weighted by Gasteiger charge is -2.14. The van der Waals surface area contributed by atoms with Crippen molar-refractivity contribution in [2.45, 2.75) is 26.3 Å². The fourth-order valence-electron chi connectivity index (χ4n) is 2.43. The lowest BCUT2D eigenvalue weighted by atomic mass is 10.2. The second-order valence-corrected chi connectivity index (χ2v) is 7.37. The number of aryl methyl sites for hydroxylation is 1. The molecule has 0 aliphatic carbocycles. The van der Waals surface area contributed by atoms with Crippen LogP contribution >= 0.6 is 0 Å². The first-order chi connectivity index (χ1) is 11.8. The van der Waals surface area contributed by atoms with Crippen molar-refractivity contribution in [3.05, 3.63) is 60.4 Å². The summed E-state index contributed by atoms with van der Waals surface area (Å²) in [5.41, 5.74) is 2.87. The molecule has 134 valence electrons. The standard InChI is InChI=1S/C18H23N3O3S/c1-16(19-20(2)18-10-4-3-5-11-18)17-9-8-13-21(15-17)12-6-7-14-25(22,23)24/h3-5,8-11,13,15H,6-7,12,14H2,1-2H3/b19-16-. The van der Waals surface area contributed by atoms with E-state index >= 15 is 0 Å². The molecule has 0 unspecified atom stereocenters. The average Bonchev–Trinajstić information content (AvgIpc) is 2.59. The van der Waals surface area contributed by atoms with E-state index in [1.165, 1.54) is 0 Å². The third-order valence-electron chi connectivity index (χ3n) is 3.77. The van der Waals surface area contributed by atoms with E-state index in [9.17, 15) is 13.0 Å². The highest BCUT2D eigenvalue weighted by atomic mass is 32.2. The van der Waals surface area contributed by atoms with Gasteiger partial charge in [-0.25, -0.2) is 13.0 Å². The second-order valence-electron chi connectivity index (χ2n) is 5.84. The number of nitrogens with zero attached hydrogens (tertiary/aromatic N) is 3. The van der Waals surface area contributed by atoms with E-state index < -0.39 is 10.1 Å². The largest absolute Gasteiger partial charge is 0.748 e. The molecule has 0 saturated carbocycles. The quantitative estimate of drug-likeness (QED) is 0.237. The first-order valence-electron chi connectivity index (χ1n) is 8.12. The number of para-hydroxylation sites is 1. The zero-order valence-corrected chi connectivity index (χ0v) is 15.3. The van der Waals surface area contributed by atoms with Crippen molar-refractivity contribution in [2.75, 3.05) is 17.8 Å². The van der Waals surface area contributed by atoms with Gasteiger partial charge >= 0.3 is 0 Å². The van der Waals surface area contributed by atoms with Crippen LogP contribution in [0.25, 0.3) is 0 Å². The molecular formula is C18H23N3O3S. The molecule has 1 heterocycles. The van der Waals surface area contributed by atoms with Crippen LogP contribution in [0.1, 0.15) is 25.3 Å². The van der Waals surface area contributed by atoms with Gasteiger partial charge in [-0.1, -0.05) is 18.2 Å². The fraction of sp³-hybridized carbons (Fsp3) is 0.333. The number of hydrogen-bond acceptors (Lipinski definition) is 5. The van der Waals surface area contributed by atoms with Gasteiger partial charge in [-0.05, 0) is 31.5 Å². The van der Waals surface area contributed by atoms with Crippen molar-refractivity contribution in [2.24, 2.45) is 5.10 Å². The summed E-state index contributed by atoms with van der Waals surface area (Å²) in [7, 11) is -2.22. The number of rotatable bonds is 8. The smallest absolute Gasteiger partial charge is 0.177 e.